The third-order valence-corrected chi connectivity index (χ3v) is 5.05. The maximum Gasteiger partial charge on any atom is 0.257 e. The minimum Gasteiger partial charge on any atom is -0.356 e. The Bertz CT molecular complexity index is 985. The third kappa shape index (κ3) is 4.80. The minimum atomic E-state index is -0.181. The van der Waals surface area contributed by atoms with E-state index < -0.39 is 0 Å². The lowest BCUT2D eigenvalue weighted by Crippen LogP contribution is -2.32. The van der Waals surface area contributed by atoms with Crippen molar-refractivity contribution in [2.45, 2.75) is 39.8 Å². The number of amides is 1. The monoisotopic (exact) mass is 388 g/mol. The van der Waals surface area contributed by atoms with Crippen LogP contribution in [0.1, 0.15) is 48.3 Å². The predicted molar refractivity (Wildman–Crippen MR) is 118 cm³/mol. The van der Waals surface area contributed by atoms with Gasteiger partial charge in [-0.05, 0) is 39.3 Å². The number of nitrogens with zero attached hydrogens (tertiary/aromatic N) is 3. The standard InChI is InChI=1S/C24H28N4O/c1-16(2)28(5)23-21(24(29)26-18(4)19-11-7-6-8-12-19)15-25-22(27-23)20-13-9-10-17(3)14-20/h6-16,18H,1-5H3,(H,26,29)/t18-/m0/s1. The van der Waals surface area contributed by atoms with Gasteiger partial charge in [0.05, 0.1) is 6.04 Å². The molecule has 1 heterocycles. The molecule has 0 fully saturated rings. The van der Waals surface area contributed by atoms with Gasteiger partial charge < -0.3 is 10.2 Å². The smallest absolute Gasteiger partial charge is 0.257 e. The molecule has 0 aliphatic carbocycles. The molecule has 3 rings (SSSR count). The first-order valence-electron chi connectivity index (χ1n) is 9.89. The lowest BCUT2D eigenvalue weighted by atomic mass is 10.1. The molecule has 29 heavy (non-hydrogen) atoms. The number of carbonyl (C=O) groups is 1. The molecule has 5 heteroatoms. The summed E-state index contributed by atoms with van der Waals surface area (Å²) in [5.74, 6) is 1.06. The summed E-state index contributed by atoms with van der Waals surface area (Å²) in [6, 6.07) is 18.0. The van der Waals surface area contributed by atoms with Crippen LogP contribution in [-0.4, -0.2) is 29.0 Å². The molecule has 0 aliphatic heterocycles. The Labute approximate surface area is 172 Å². The summed E-state index contributed by atoms with van der Waals surface area (Å²) in [6.07, 6.45) is 1.63. The molecule has 2 aromatic carbocycles. The van der Waals surface area contributed by atoms with Gasteiger partial charge in [0.1, 0.15) is 11.4 Å². The number of hydrogen-bond acceptors (Lipinski definition) is 4. The zero-order valence-electron chi connectivity index (χ0n) is 17.7. The van der Waals surface area contributed by atoms with Crippen molar-refractivity contribution in [2.75, 3.05) is 11.9 Å². The highest BCUT2D eigenvalue weighted by Gasteiger charge is 2.21. The van der Waals surface area contributed by atoms with E-state index in [-0.39, 0.29) is 18.0 Å². The van der Waals surface area contributed by atoms with E-state index in [2.05, 4.69) is 24.1 Å². The van der Waals surface area contributed by atoms with E-state index in [4.69, 9.17) is 4.98 Å². The maximum absolute atomic E-state index is 13.1. The van der Waals surface area contributed by atoms with Crippen molar-refractivity contribution in [2.24, 2.45) is 0 Å². The number of nitrogens with one attached hydrogen (secondary N) is 1. The van der Waals surface area contributed by atoms with Crippen LogP contribution in [-0.2, 0) is 0 Å². The van der Waals surface area contributed by atoms with Crippen LogP contribution in [0.3, 0.4) is 0 Å². The second kappa shape index (κ2) is 8.86. The number of aromatic nitrogens is 2. The number of rotatable bonds is 6. The van der Waals surface area contributed by atoms with E-state index in [1.54, 1.807) is 6.20 Å². The fourth-order valence-electron chi connectivity index (χ4n) is 3.07. The topological polar surface area (TPSA) is 58.1 Å². The van der Waals surface area contributed by atoms with E-state index in [1.165, 1.54) is 0 Å². The van der Waals surface area contributed by atoms with Gasteiger partial charge in [-0.25, -0.2) is 9.97 Å². The molecule has 0 saturated heterocycles. The number of anilines is 1. The second-order valence-corrected chi connectivity index (χ2v) is 7.61. The molecule has 150 valence electrons. The van der Waals surface area contributed by atoms with Gasteiger partial charge in [-0.15, -0.1) is 0 Å². The van der Waals surface area contributed by atoms with Crippen LogP contribution >= 0.6 is 0 Å². The summed E-state index contributed by atoms with van der Waals surface area (Å²) in [5, 5.41) is 3.07. The van der Waals surface area contributed by atoms with Gasteiger partial charge in [0.25, 0.3) is 5.91 Å². The highest BCUT2D eigenvalue weighted by molar-refractivity contribution is 5.99. The van der Waals surface area contributed by atoms with E-state index in [0.717, 1.165) is 16.7 Å². The molecule has 0 aliphatic rings. The summed E-state index contributed by atoms with van der Waals surface area (Å²) >= 11 is 0. The molecule has 0 bridgehead atoms. The fraction of sp³-hybridized carbons (Fsp3) is 0.292. The van der Waals surface area contributed by atoms with Gasteiger partial charge in [-0.3, -0.25) is 4.79 Å². The van der Waals surface area contributed by atoms with Gasteiger partial charge in [-0.1, -0.05) is 54.1 Å². The largest absolute Gasteiger partial charge is 0.356 e. The zero-order chi connectivity index (χ0) is 21.0. The Morgan fingerprint density at radius 1 is 1.03 bits per heavy atom. The summed E-state index contributed by atoms with van der Waals surface area (Å²) in [7, 11) is 1.95. The van der Waals surface area contributed by atoms with Crippen molar-refractivity contribution in [3.63, 3.8) is 0 Å². The first-order chi connectivity index (χ1) is 13.9. The molecule has 1 aromatic heterocycles. The highest BCUT2D eigenvalue weighted by atomic mass is 16.1. The normalized spacial score (nSPS) is 11.9. The number of benzene rings is 2. The van der Waals surface area contributed by atoms with Crippen molar-refractivity contribution in [1.29, 1.82) is 0 Å². The van der Waals surface area contributed by atoms with E-state index in [0.29, 0.717) is 17.2 Å². The average molecular weight is 389 g/mol. The Balaban J connectivity index is 1.95. The summed E-state index contributed by atoms with van der Waals surface area (Å²) in [6.45, 7) is 8.16. The van der Waals surface area contributed by atoms with Crippen LogP contribution in [0, 0.1) is 6.92 Å². The lowest BCUT2D eigenvalue weighted by Gasteiger charge is -2.25. The molecule has 1 amide bonds. The molecular formula is C24H28N4O. The second-order valence-electron chi connectivity index (χ2n) is 7.61. The van der Waals surface area contributed by atoms with Crippen LogP contribution in [0.4, 0.5) is 5.82 Å². The van der Waals surface area contributed by atoms with Crippen LogP contribution in [0.15, 0.2) is 60.8 Å². The molecule has 3 aromatic rings. The third-order valence-electron chi connectivity index (χ3n) is 5.05. The van der Waals surface area contributed by atoms with Gasteiger partial charge >= 0.3 is 0 Å². The van der Waals surface area contributed by atoms with E-state index in [1.807, 2.05) is 80.4 Å². The van der Waals surface area contributed by atoms with Gasteiger partial charge in [0.15, 0.2) is 5.82 Å². The molecule has 1 N–H and O–H groups in total. The minimum absolute atomic E-state index is 0.114. The van der Waals surface area contributed by atoms with E-state index in [9.17, 15) is 4.79 Å². The van der Waals surface area contributed by atoms with Gasteiger partial charge in [0, 0.05) is 24.8 Å². The highest BCUT2D eigenvalue weighted by Crippen LogP contribution is 2.24. The molecule has 0 unspecified atom stereocenters. The average Bonchev–Trinajstić information content (AvgIpc) is 2.73. The van der Waals surface area contributed by atoms with Crippen molar-refractivity contribution in [1.82, 2.24) is 15.3 Å². The molecular weight excluding hydrogens is 360 g/mol. The fourth-order valence-corrected chi connectivity index (χ4v) is 3.07. The van der Waals surface area contributed by atoms with Crippen LogP contribution in [0.2, 0.25) is 0 Å². The van der Waals surface area contributed by atoms with Crippen molar-refractivity contribution >= 4 is 11.7 Å². The first kappa shape index (κ1) is 20.5. The van der Waals surface area contributed by atoms with Crippen LogP contribution in [0.25, 0.3) is 11.4 Å². The Morgan fingerprint density at radius 2 is 1.76 bits per heavy atom. The van der Waals surface area contributed by atoms with E-state index >= 15 is 0 Å². The SMILES string of the molecule is Cc1cccc(-c2ncc(C(=O)N[C@@H](C)c3ccccc3)c(N(C)C(C)C)n2)c1. The number of carbonyl (C=O) groups excluding carboxylic acids is 1. The Hall–Kier alpha value is -3.21. The van der Waals surface area contributed by atoms with Crippen molar-refractivity contribution < 1.29 is 4.79 Å². The molecule has 1 atom stereocenters. The lowest BCUT2D eigenvalue weighted by molar-refractivity contribution is 0.0939. The van der Waals surface area contributed by atoms with Crippen LogP contribution < -0.4 is 10.2 Å². The molecule has 0 saturated carbocycles. The van der Waals surface area contributed by atoms with Crippen molar-refractivity contribution in [3.05, 3.63) is 77.5 Å². The molecule has 5 nitrogen and oxygen atoms in total. The number of aryl methyl sites for hydroxylation is 1. The van der Waals surface area contributed by atoms with Crippen molar-refractivity contribution in [3.8, 4) is 11.4 Å². The molecule has 0 radical (unpaired) electrons. The molecule has 0 spiro atoms. The summed E-state index contributed by atoms with van der Waals surface area (Å²) in [4.78, 5) is 24.3. The predicted octanol–water partition coefficient (Wildman–Crippen LogP) is 4.79. The van der Waals surface area contributed by atoms with Gasteiger partial charge in [-0.2, -0.15) is 0 Å². The Morgan fingerprint density at radius 3 is 2.41 bits per heavy atom. The first-order valence-corrected chi connectivity index (χ1v) is 9.89. The summed E-state index contributed by atoms with van der Waals surface area (Å²) < 4.78 is 0. The quantitative estimate of drug-likeness (QED) is 0.660. The van der Waals surface area contributed by atoms with Gasteiger partial charge in [0.2, 0.25) is 0 Å². The maximum atomic E-state index is 13.1. The Kier molecular flexibility index (Phi) is 6.27. The van der Waals surface area contributed by atoms with Crippen LogP contribution in [0.5, 0.6) is 0 Å². The number of hydrogen-bond donors (Lipinski definition) is 1. The zero-order valence-corrected chi connectivity index (χ0v) is 17.7. The summed E-state index contributed by atoms with van der Waals surface area (Å²) in [5.41, 5.74) is 3.61.